The molecule has 78 valence electrons. The van der Waals surface area contributed by atoms with Crippen LogP contribution in [-0.4, -0.2) is 23.5 Å². The van der Waals surface area contributed by atoms with Crippen LogP contribution in [0.15, 0.2) is 0 Å². The smallest absolute Gasteiger partial charge is 0.223 e. The summed E-state index contributed by atoms with van der Waals surface area (Å²) in [4.78, 5) is 33.2. The molecule has 4 nitrogen and oxygen atoms in total. The third-order valence-corrected chi connectivity index (χ3v) is 2.25. The Labute approximate surface area is 83.1 Å². The Morgan fingerprint density at radius 1 is 1.29 bits per heavy atom. The standard InChI is InChI=1S/C10H15NO3/c1-6(12)5-9(7(2)13)11-10(14)8-3-4-8/h8-9H,3-5H2,1-2H3,(H,11,14). The summed E-state index contributed by atoms with van der Waals surface area (Å²) in [6.45, 7) is 2.81. The molecule has 0 saturated heterocycles. The van der Waals surface area contributed by atoms with Gasteiger partial charge in [0.05, 0.1) is 6.04 Å². The second-order valence-corrected chi connectivity index (χ2v) is 3.85. The fourth-order valence-electron chi connectivity index (χ4n) is 1.22. The molecule has 1 unspecified atom stereocenters. The Hall–Kier alpha value is -1.19. The zero-order valence-corrected chi connectivity index (χ0v) is 8.50. The number of carbonyl (C=O) groups excluding carboxylic acids is 3. The molecule has 4 heteroatoms. The molecule has 0 aromatic carbocycles. The first-order chi connectivity index (χ1) is 6.50. The minimum atomic E-state index is -0.624. The van der Waals surface area contributed by atoms with Gasteiger partial charge in [-0.15, -0.1) is 0 Å². The minimum Gasteiger partial charge on any atom is -0.346 e. The molecule has 0 heterocycles. The fourth-order valence-corrected chi connectivity index (χ4v) is 1.22. The number of Topliss-reactive ketones (excluding diaryl/α,β-unsaturated/α-hetero) is 2. The SMILES string of the molecule is CC(=O)CC(NC(=O)C1CC1)C(C)=O. The van der Waals surface area contributed by atoms with E-state index < -0.39 is 6.04 Å². The maximum absolute atomic E-state index is 11.3. The van der Waals surface area contributed by atoms with Crippen molar-refractivity contribution < 1.29 is 14.4 Å². The number of ketones is 2. The predicted molar refractivity (Wildman–Crippen MR) is 50.6 cm³/mol. The molecule has 0 aromatic rings. The first-order valence-electron chi connectivity index (χ1n) is 4.81. The third-order valence-electron chi connectivity index (χ3n) is 2.25. The summed E-state index contributed by atoms with van der Waals surface area (Å²) in [6, 6.07) is -0.624. The van der Waals surface area contributed by atoms with Crippen molar-refractivity contribution in [2.75, 3.05) is 0 Å². The molecule has 1 amide bonds. The highest BCUT2D eigenvalue weighted by atomic mass is 16.2. The summed E-state index contributed by atoms with van der Waals surface area (Å²) >= 11 is 0. The van der Waals surface area contributed by atoms with E-state index in [1.165, 1.54) is 13.8 Å². The molecule has 0 spiro atoms. The van der Waals surface area contributed by atoms with Gasteiger partial charge < -0.3 is 5.32 Å². The van der Waals surface area contributed by atoms with Crippen LogP contribution in [-0.2, 0) is 14.4 Å². The summed E-state index contributed by atoms with van der Waals surface area (Å²) in [5, 5.41) is 2.60. The molecule has 1 saturated carbocycles. The molecular formula is C10H15NO3. The van der Waals surface area contributed by atoms with Gasteiger partial charge in [-0.2, -0.15) is 0 Å². The Balaban J connectivity index is 2.45. The normalized spacial score (nSPS) is 17.3. The van der Waals surface area contributed by atoms with Crippen molar-refractivity contribution in [3.63, 3.8) is 0 Å². The number of carbonyl (C=O) groups is 3. The lowest BCUT2D eigenvalue weighted by molar-refractivity contribution is -0.129. The molecule has 0 aromatic heterocycles. The first-order valence-corrected chi connectivity index (χ1v) is 4.81. The van der Waals surface area contributed by atoms with Crippen molar-refractivity contribution in [3.05, 3.63) is 0 Å². The van der Waals surface area contributed by atoms with E-state index >= 15 is 0 Å². The molecule has 14 heavy (non-hydrogen) atoms. The lowest BCUT2D eigenvalue weighted by Gasteiger charge is -2.13. The van der Waals surface area contributed by atoms with Crippen LogP contribution in [0.1, 0.15) is 33.1 Å². The van der Waals surface area contributed by atoms with Crippen molar-refractivity contribution in [2.24, 2.45) is 5.92 Å². The summed E-state index contributed by atoms with van der Waals surface area (Å²) < 4.78 is 0. The Morgan fingerprint density at radius 2 is 1.86 bits per heavy atom. The van der Waals surface area contributed by atoms with Crippen LogP contribution in [0.25, 0.3) is 0 Å². The predicted octanol–water partition coefficient (Wildman–Crippen LogP) is 0.449. The van der Waals surface area contributed by atoms with Gasteiger partial charge in [0.1, 0.15) is 5.78 Å². The van der Waals surface area contributed by atoms with Crippen LogP contribution in [0.2, 0.25) is 0 Å². The number of hydrogen-bond acceptors (Lipinski definition) is 3. The van der Waals surface area contributed by atoms with Crippen molar-refractivity contribution in [3.8, 4) is 0 Å². The van der Waals surface area contributed by atoms with Crippen molar-refractivity contribution in [1.82, 2.24) is 5.32 Å². The van der Waals surface area contributed by atoms with E-state index in [1.54, 1.807) is 0 Å². The number of rotatable bonds is 5. The topological polar surface area (TPSA) is 63.2 Å². The van der Waals surface area contributed by atoms with Gasteiger partial charge in [0.2, 0.25) is 5.91 Å². The molecule has 1 aliphatic carbocycles. The van der Waals surface area contributed by atoms with E-state index in [2.05, 4.69) is 5.32 Å². The van der Waals surface area contributed by atoms with Gasteiger partial charge in [-0.25, -0.2) is 0 Å². The summed E-state index contributed by atoms with van der Waals surface area (Å²) in [7, 11) is 0. The van der Waals surface area contributed by atoms with Gasteiger partial charge >= 0.3 is 0 Å². The van der Waals surface area contributed by atoms with Crippen LogP contribution in [0.3, 0.4) is 0 Å². The van der Waals surface area contributed by atoms with Crippen LogP contribution in [0.5, 0.6) is 0 Å². The molecule has 0 bridgehead atoms. The molecular weight excluding hydrogens is 182 g/mol. The highest BCUT2D eigenvalue weighted by molar-refractivity contribution is 5.92. The third kappa shape index (κ3) is 3.28. The summed E-state index contributed by atoms with van der Waals surface area (Å²) in [6.07, 6.45) is 1.90. The monoisotopic (exact) mass is 197 g/mol. The molecule has 1 aliphatic rings. The van der Waals surface area contributed by atoms with Crippen molar-refractivity contribution in [1.29, 1.82) is 0 Å². The van der Waals surface area contributed by atoms with Crippen LogP contribution < -0.4 is 5.32 Å². The maximum Gasteiger partial charge on any atom is 0.223 e. The second-order valence-electron chi connectivity index (χ2n) is 3.85. The van der Waals surface area contributed by atoms with E-state index in [0.29, 0.717) is 0 Å². The lowest BCUT2D eigenvalue weighted by Crippen LogP contribution is -2.41. The zero-order valence-electron chi connectivity index (χ0n) is 8.50. The fraction of sp³-hybridized carbons (Fsp3) is 0.700. The number of nitrogens with one attached hydrogen (secondary N) is 1. The largest absolute Gasteiger partial charge is 0.346 e. The number of amides is 1. The molecule has 1 N–H and O–H groups in total. The molecule has 1 rings (SSSR count). The van der Waals surface area contributed by atoms with E-state index in [4.69, 9.17) is 0 Å². The van der Waals surface area contributed by atoms with Gasteiger partial charge in [0, 0.05) is 12.3 Å². The Bertz CT molecular complexity index is 269. The highest BCUT2D eigenvalue weighted by Gasteiger charge is 2.31. The number of hydrogen-bond donors (Lipinski definition) is 1. The van der Waals surface area contributed by atoms with E-state index in [-0.39, 0.29) is 29.8 Å². The Morgan fingerprint density at radius 3 is 2.21 bits per heavy atom. The van der Waals surface area contributed by atoms with E-state index in [9.17, 15) is 14.4 Å². The summed E-state index contributed by atoms with van der Waals surface area (Å²) in [5.74, 6) is -0.259. The zero-order chi connectivity index (χ0) is 10.7. The van der Waals surface area contributed by atoms with Gasteiger partial charge in [-0.1, -0.05) is 0 Å². The van der Waals surface area contributed by atoms with Gasteiger partial charge in [-0.05, 0) is 26.7 Å². The summed E-state index contributed by atoms with van der Waals surface area (Å²) in [5.41, 5.74) is 0. The molecule has 1 fully saturated rings. The average molecular weight is 197 g/mol. The Kier molecular flexibility index (Phi) is 3.38. The quantitative estimate of drug-likeness (QED) is 0.696. The van der Waals surface area contributed by atoms with Crippen molar-refractivity contribution >= 4 is 17.5 Å². The molecule has 0 aliphatic heterocycles. The average Bonchev–Trinajstić information content (AvgIpc) is 2.83. The minimum absolute atomic E-state index is 0.0730. The van der Waals surface area contributed by atoms with E-state index in [1.807, 2.05) is 0 Å². The highest BCUT2D eigenvalue weighted by Crippen LogP contribution is 2.28. The van der Waals surface area contributed by atoms with Crippen LogP contribution in [0, 0.1) is 5.92 Å². The maximum atomic E-state index is 11.3. The molecule has 1 atom stereocenters. The van der Waals surface area contributed by atoms with Crippen LogP contribution in [0.4, 0.5) is 0 Å². The van der Waals surface area contributed by atoms with Gasteiger partial charge in [0.25, 0.3) is 0 Å². The van der Waals surface area contributed by atoms with Crippen molar-refractivity contribution in [2.45, 2.75) is 39.2 Å². The lowest BCUT2D eigenvalue weighted by atomic mass is 10.1. The van der Waals surface area contributed by atoms with Gasteiger partial charge in [-0.3, -0.25) is 14.4 Å². The molecule has 0 radical (unpaired) electrons. The van der Waals surface area contributed by atoms with Crippen LogP contribution >= 0.6 is 0 Å². The first kappa shape index (κ1) is 10.9. The van der Waals surface area contributed by atoms with Gasteiger partial charge in [0.15, 0.2) is 5.78 Å². The second kappa shape index (κ2) is 4.35. The van der Waals surface area contributed by atoms with E-state index in [0.717, 1.165) is 12.8 Å².